The Morgan fingerprint density at radius 2 is 1.40 bits per heavy atom. The maximum atomic E-state index is 5.28. The van der Waals surface area contributed by atoms with Crippen LogP contribution in [0, 0.1) is 0 Å². The summed E-state index contributed by atoms with van der Waals surface area (Å²) in [6.45, 7) is 0.417. The molecular formula is C10H13BrO4. The van der Waals surface area contributed by atoms with Gasteiger partial charge in [0.15, 0.2) is 13.6 Å². The number of ether oxygens (including phenoxy) is 4. The first-order chi connectivity index (χ1) is 7.26. The second-order valence-corrected chi connectivity index (χ2v) is 3.64. The predicted octanol–water partition coefficient (Wildman–Crippen LogP) is 2.41. The van der Waals surface area contributed by atoms with Gasteiger partial charge in [-0.1, -0.05) is 15.9 Å². The van der Waals surface area contributed by atoms with E-state index in [0.717, 1.165) is 4.47 Å². The fourth-order valence-electron chi connectivity index (χ4n) is 0.958. The van der Waals surface area contributed by atoms with Crippen molar-refractivity contribution >= 4 is 15.9 Å². The summed E-state index contributed by atoms with van der Waals surface area (Å²) in [4.78, 5) is 0. The van der Waals surface area contributed by atoms with Crippen LogP contribution in [0.3, 0.4) is 0 Å². The van der Waals surface area contributed by atoms with E-state index < -0.39 is 0 Å². The van der Waals surface area contributed by atoms with E-state index in [0.29, 0.717) is 11.5 Å². The summed E-state index contributed by atoms with van der Waals surface area (Å²) in [5, 5.41) is 0. The average molecular weight is 277 g/mol. The smallest absolute Gasteiger partial charge is 0.188 e. The predicted molar refractivity (Wildman–Crippen MR) is 59.2 cm³/mol. The van der Waals surface area contributed by atoms with Crippen molar-refractivity contribution in [2.75, 3.05) is 27.8 Å². The highest BCUT2D eigenvalue weighted by Crippen LogP contribution is 2.26. The van der Waals surface area contributed by atoms with Gasteiger partial charge in [-0.15, -0.1) is 0 Å². The van der Waals surface area contributed by atoms with Gasteiger partial charge < -0.3 is 18.9 Å². The number of methoxy groups -OCH3 is 2. The van der Waals surface area contributed by atoms with Crippen LogP contribution in [0.4, 0.5) is 0 Å². The highest BCUT2D eigenvalue weighted by Gasteiger charge is 2.01. The van der Waals surface area contributed by atoms with Gasteiger partial charge in [0.25, 0.3) is 0 Å². The van der Waals surface area contributed by atoms with E-state index in [1.165, 1.54) is 0 Å². The average Bonchev–Trinajstić information content (AvgIpc) is 2.23. The fourth-order valence-corrected chi connectivity index (χ4v) is 1.41. The van der Waals surface area contributed by atoms with Gasteiger partial charge >= 0.3 is 0 Å². The van der Waals surface area contributed by atoms with Crippen LogP contribution in [0.25, 0.3) is 0 Å². The Hall–Kier alpha value is -0.780. The molecule has 0 heterocycles. The molecule has 1 aromatic carbocycles. The molecule has 0 aliphatic heterocycles. The zero-order valence-corrected chi connectivity index (χ0v) is 10.2. The highest BCUT2D eigenvalue weighted by molar-refractivity contribution is 9.10. The maximum Gasteiger partial charge on any atom is 0.188 e. The molecule has 0 N–H and O–H groups in total. The Morgan fingerprint density at radius 3 is 1.80 bits per heavy atom. The highest BCUT2D eigenvalue weighted by atomic mass is 79.9. The van der Waals surface area contributed by atoms with Crippen LogP contribution in [0.1, 0.15) is 0 Å². The third kappa shape index (κ3) is 4.51. The van der Waals surface area contributed by atoms with Gasteiger partial charge in [0.05, 0.1) is 0 Å². The fraction of sp³-hybridized carbons (Fsp3) is 0.400. The normalized spacial score (nSPS) is 10.1. The molecule has 15 heavy (non-hydrogen) atoms. The van der Waals surface area contributed by atoms with Crippen molar-refractivity contribution in [1.29, 1.82) is 0 Å². The van der Waals surface area contributed by atoms with Crippen molar-refractivity contribution in [3.63, 3.8) is 0 Å². The molecule has 0 aliphatic rings. The van der Waals surface area contributed by atoms with Gasteiger partial charge in [-0.05, 0) is 12.1 Å². The topological polar surface area (TPSA) is 36.9 Å². The summed E-state index contributed by atoms with van der Waals surface area (Å²) in [5.41, 5.74) is 0. The van der Waals surface area contributed by atoms with Crippen LogP contribution in [0.2, 0.25) is 0 Å². The lowest BCUT2D eigenvalue weighted by atomic mass is 10.3. The molecule has 0 saturated carbocycles. The molecule has 0 amide bonds. The summed E-state index contributed by atoms with van der Waals surface area (Å²) in [5.74, 6) is 1.36. The van der Waals surface area contributed by atoms with Gasteiger partial charge in [-0.25, -0.2) is 0 Å². The van der Waals surface area contributed by atoms with Gasteiger partial charge in [-0.2, -0.15) is 0 Å². The van der Waals surface area contributed by atoms with Gasteiger partial charge in [0, 0.05) is 24.8 Å². The van der Waals surface area contributed by atoms with Crippen LogP contribution in [0.5, 0.6) is 11.5 Å². The molecule has 4 nitrogen and oxygen atoms in total. The Bertz CT molecular complexity index is 277. The van der Waals surface area contributed by atoms with E-state index in [1.807, 2.05) is 12.1 Å². The van der Waals surface area contributed by atoms with Crippen LogP contribution in [-0.4, -0.2) is 27.8 Å². The van der Waals surface area contributed by atoms with Crippen molar-refractivity contribution in [3.05, 3.63) is 22.7 Å². The number of hydrogen-bond donors (Lipinski definition) is 0. The van der Waals surface area contributed by atoms with E-state index in [4.69, 9.17) is 18.9 Å². The molecule has 0 radical (unpaired) electrons. The van der Waals surface area contributed by atoms with E-state index in [9.17, 15) is 0 Å². The minimum atomic E-state index is 0.209. The molecular weight excluding hydrogens is 264 g/mol. The number of halogens is 1. The second kappa shape index (κ2) is 6.66. The first-order valence-corrected chi connectivity index (χ1v) is 5.09. The second-order valence-electron chi connectivity index (χ2n) is 2.72. The molecule has 0 saturated heterocycles. The van der Waals surface area contributed by atoms with Crippen LogP contribution in [-0.2, 0) is 9.47 Å². The monoisotopic (exact) mass is 276 g/mol. The van der Waals surface area contributed by atoms with Crippen LogP contribution in [0.15, 0.2) is 22.7 Å². The molecule has 0 atom stereocenters. The summed E-state index contributed by atoms with van der Waals surface area (Å²) < 4.78 is 21.1. The zero-order chi connectivity index (χ0) is 11.1. The quantitative estimate of drug-likeness (QED) is 0.748. The van der Waals surface area contributed by atoms with Crippen LogP contribution >= 0.6 is 15.9 Å². The molecule has 0 aliphatic carbocycles. The SMILES string of the molecule is COCOc1cc(Br)cc(OCOC)c1. The molecule has 0 aromatic heterocycles. The van der Waals surface area contributed by atoms with Crippen molar-refractivity contribution in [2.24, 2.45) is 0 Å². The molecule has 0 spiro atoms. The number of hydrogen-bond acceptors (Lipinski definition) is 4. The third-order valence-electron chi connectivity index (χ3n) is 1.53. The lowest BCUT2D eigenvalue weighted by molar-refractivity contribution is 0.0460. The number of benzene rings is 1. The van der Waals surface area contributed by atoms with Gasteiger partial charge in [-0.3, -0.25) is 0 Å². The minimum absolute atomic E-state index is 0.209. The van der Waals surface area contributed by atoms with Crippen molar-refractivity contribution < 1.29 is 18.9 Å². The number of rotatable bonds is 6. The van der Waals surface area contributed by atoms with Crippen molar-refractivity contribution in [2.45, 2.75) is 0 Å². The molecule has 1 rings (SSSR count). The standard InChI is InChI=1S/C10H13BrO4/c1-12-6-14-9-3-8(11)4-10(5-9)15-7-13-2/h3-5H,6-7H2,1-2H3. The van der Waals surface area contributed by atoms with E-state index in [2.05, 4.69) is 15.9 Å². The molecule has 5 heteroatoms. The molecule has 0 unspecified atom stereocenters. The molecule has 0 bridgehead atoms. The first-order valence-electron chi connectivity index (χ1n) is 4.30. The summed E-state index contributed by atoms with van der Waals surface area (Å²) in [6, 6.07) is 5.43. The Kier molecular flexibility index (Phi) is 5.45. The third-order valence-corrected chi connectivity index (χ3v) is 1.99. The summed E-state index contributed by atoms with van der Waals surface area (Å²) in [6.07, 6.45) is 0. The molecule has 1 aromatic rings. The Labute approximate surface area is 97.2 Å². The minimum Gasteiger partial charge on any atom is -0.467 e. The molecule has 0 fully saturated rings. The van der Waals surface area contributed by atoms with Crippen molar-refractivity contribution in [3.8, 4) is 11.5 Å². The zero-order valence-electron chi connectivity index (χ0n) is 8.66. The van der Waals surface area contributed by atoms with E-state index >= 15 is 0 Å². The first kappa shape index (κ1) is 12.3. The maximum absolute atomic E-state index is 5.28. The van der Waals surface area contributed by atoms with Crippen molar-refractivity contribution in [1.82, 2.24) is 0 Å². The lowest BCUT2D eigenvalue weighted by Gasteiger charge is -2.09. The molecule has 84 valence electrons. The lowest BCUT2D eigenvalue weighted by Crippen LogP contribution is -2.01. The van der Waals surface area contributed by atoms with Gasteiger partial charge in [0.1, 0.15) is 11.5 Å². The summed E-state index contributed by atoms with van der Waals surface area (Å²) >= 11 is 3.36. The van der Waals surface area contributed by atoms with E-state index in [1.54, 1.807) is 20.3 Å². The van der Waals surface area contributed by atoms with Crippen LogP contribution < -0.4 is 9.47 Å². The Balaban J connectivity index is 2.66. The largest absolute Gasteiger partial charge is 0.467 e. The van der Waals surface area contributed by atoms with Gasteiger partial charge in [0.2, 0.25) is 0 Å². The van der Waals surface area contributed by atoms with E-state index in [-0.39, 0.29) is 13.6 Å². The summed E-state index contributed by atoms with van der Waals surface area (Å²) in [7, 11) is 3.14. The Morgan fingerprint density at radius 1 is 0.933 bits per heavy atom.